The number of rotatable bonds is 7. The molecular weight excluding hydrogens is 356 g/mol. The van der Waals surface area contributed by atoms with Crippen LogP contribution in [0.1, 0.15) is 16.9 Å². The number of benzene rings is 1. The van der Waals surface area contributed by atoms with Crippen LogP contribution < -0.4 is 19.5 Å². The summed E-state index contributed by atoms with van der Waals surface area (Å²) in [6.07, 6.45) is -0.279. The minimum Gasteiger partial charge on any atom is -0.493 e. The summed E-state index contributed by atoms with van der Waals surface area (Å²) in [5.74, 6) is 1.36. The van der Waals surface area contributed by atoms with Crippen molar-refractivity contribution in [2.24, 2.45) is 5.16 Å². The summed E-state index contributed by atoms with van der Waals surface area (Å²) in [6.45, 7) is 0.482. The molecule has 3 rings (SSSR count). The number of hydrogen-bond acceptors (Lipinski definition) is 7. The van der Waals surface area contributed by atoms with Gasteiger partial charge in [-0.3, -0.25) is 4.79 Å². The van der Waals surface area contributed by atoms with Gasteiger partial charge in [-0.05, 0) is 23.6 Å². The van der Waals surface area contributed by atoms with Gasteiger partial charge in [0.15, 0.2) is 11.5 Å². The van der Waals surface area contributed by atoms with Crippen LogP contribution in [0.3, 0.4) is 0 Å². The van der Waals surface area contributed by atoms with Crippen LogP contribution in [0.15, 0.2) is 34.8 Å². The molecule has 1 aliphatic heterocycles. The topological polar surface area (TPSA) is 78.4 Å². The van der Waals surface area contributed by atoms with Crippen LogP contribution in [0.5, 0.6) is 17.2 Å². The molecule has 1 atom stereocenters. The molecule has 1 amide bonds. The number of amides is 1. The molecule has 8 heteroatoms. The molecule has 0 radical (unpaired) electrons. The van der Waals surface area contributed by atoms with Crippen LogP contribution in [0, 0.1) is 0 Å². The van der Waals surface area contributed by atoms with Crippen LogP contribution >= 0.6 is 11.3 Å². The van der Waals surface area contributed by atoms with Gasteiger partial charge in [0, 0.05) is 16.9 Å². The minimum absolute atomic E-state index is 0.190. The van der Waals surface area contributed by atoms with Crippen LogP contribution in [-0.2, 0) is 16.2 Å². The maximum Gasteiger partial charge on any atom is 0.264 e. The van der Waals surface area contributed by atoms with Crippen LogP contribution in [0.4, 0.5) is 0 Å². The van der Waals surface area contributed by atoms with Gasteiger partial charge in [-0.15, -0.1) is 11.3 Å². The van der Waals surface area contributed by atoms with E-state index >= 15 is 0 Å². The quantitative estimate of drug-likeness (QED) is 0.804. The molecule has 1 aromatic heterocycles. The number of carbonyl (C=O) groups is 1. The maximum absolute atomic E-state index is 12.3. The van der Waals surface area contributed by atoms with Crippen molar-refractivity contribution >= 4 is 23.0 Å². The van der Waals surface area contributed by atoms with Gasteiger partial charge >= 0.3 is 0 Å². The minimum atomic E-state index is -0.649. The van der Waals surface area contributed by atoms with E-state index in [0.717, 1.165) is 10.4 Å². The van der Waals surface area contributed by atoms with Crippen molar-refractivity contribution in [1.29, 1.82) is 0 Å². The second kappa shape index (κ2) is 8.09. The average Bonchev–Trinajstić information content (AvgIpc) is 3.36. The van der Waals surface area contributed by atoms with Gasteiger partial charge in [-0.25, -0.2) is 0 Å². The molecule has 2 aromatic rings. The molecule has 138 valence electrons. The molecule has 0 spiro atoms. The van der Waals surface area contributed by atoms with Gasteiger partial charge in [-0.2, -0.15) is 0 Å². The van der Waals surface area contributed by atoms with Crippen molar-refractivity contribution in [2.75, 3.05) is 21.3 Å². The Labute approximate surface area is 155 Å². The molecule has 1 aliphatic rings. The molecule has 0 unspecified atom stereocenters. The van der Waals surface area contributed by atoms with E-state index in [9.17, 15) is 4.79 Å². The predicted molar refractivity (Wildman–Crippen MR) is 98.3 cm³/mol. The van der Waals surface area contributed by atoms with Crippen molar-refractivity contribution in [3.05, 3.63) is 40.1 Å². The number of methoxy groups -OCH3 is 3. The zero-order valence-electron chi connectivity index (χ0n) is 14.8. The van der Waals surface area contributed by atoms with Crippen molar-refractivity contribution in [3.63, 3.8) is 0 Å². The number of thiophene rings is 1. The molecule has 0 bridgehead atoms. The molecular formula is C18H20N2O5S. The Kier molecular flexibility index (Phi) is 5.62. The molecule has 1 N–H and O–H groups in total. The van der Waals surface area contributed by atoms with Crippen molar-refractivity contribution in [3.8, 4) is 17.2 Å². The average molecular weight is 376 g/mol. The lowest BCUT2D eigenvalue weighted by molar-refractivity contribution is -0.131. The fourth-order valence-electron chi connectivity index (χ4n) is 2.64. The number of ether oxygens (including phenoxy) is 3. The summed E-state index contributed by atoms with van der Waals surface area (Å²) in [4.78, 5) is 18.7. The number of nitrogens with one attached hydrogen (secondary N) is 1. The zero-order chi connectivity index (χ0) is 18.5. The second-order valence-electron chi connectivity index (χ2n) is 5.55. The fraction of sp³-hybridized carbons (Fsp3) is 0.333. The monoisotopic (exact) mass is 376 g/mol. The Morgan fingerprint density at radius 1 is 1.27 bits per heavy atom. The predicted octanol–water partition coefficient (Wildman–Crippen LogP) is 2.58. The number of nitrogens with zero attached hydrogens (tertiary/aromatic N) is 1. The van der Waals surface area contributed by atoms with Gasteiger partial charge in [0.1, 0.15) is 0 Å². The Bertz CT molecular complexity index is 779. The fourth-order valence-corrected chi connectivity index (χ4v) is 3.28. The van der Waals surface area contributed by atoms with E-state index in [1.165, 1.54) is 0 Å². The molecule has 2 heterocycles. The highest BCUT2D eigenvalue weighted by atomic mass is 32.1. The van der Waals surface area contributed by atoms with E-state index in [-0.39, 0.29) is 5.91 Å². The van der Waals surface area contributed by atoms with Gasteiger partial charge < -0.3 is 24.4 Å². The van der Waals surface area contributed by atoms with E-state index in [2.05, 4.69) is 10.5 Å². The summed E-state index contributed by atoms with van der Waals surface area (Å²) < 4.78 is 16.0. The lowest BCUT2D eigenvalue weighted by Gasteiger charge is -2.13. The zero-order valence-corrected chi connectivity index (χ0v) is 15.6. The van der Waals surface area contributed by atoms with Gasteiger partial charge in [0.2, 0.25) is 11.9 Å². The SMILES string of the molecule is COc1cc(C2=NO[C@@H](C(=O)NCc3cccs3)C2)cc(OC)c1OC. The van der Waals surface area contributed by atoms with Gasteiger partial charge in [-0.1, -0.05) is 11.2 Å². The summed E-state index contributed by atoms with van der Waals surface area (Å²) >= 11 is 1.59. The van der Waals surface area contributed by atoms with Crippen molar-refractivity contribution in [1.82, 2.24) is 5.32 Å². The third-order valence-electron chi connectivity index (χ3n) is 3.98. The second-order valence-corrected chi connectivity index (χ2v) is 6.58. The largest absolute Gasteiger partial charge is 0.493 e. The van der Waals surface area contributed by atoms with E-state index in [1.54, 1.807) is 44.8 Å². The first-order chi connectivity index (χ1) is 12.7. The Balaban J connectivity index is 1.69. The van der Waals surface area contributed by atoms with Crippen molar-refractivity contribution in [2.45, 2.75) is 19.1 Å². The maximum atomic E-state index is 12.3. The standard InChI is InChI=1S/C18H20N2O5S/c1-22-14-7-11(8-15(23-2)17(14)24-3)13-9-16(25-20-13)18(21)19-10-12-5-4-6-26-12/h4-8,16H,9-10H2,1-3H3,(H,19,21)/t16-/m1/s1. The molecule has 0 saturated carbocycles. The third kappa shape index (κ3) is 3.75. The number of hydrogen-bond donors (Lipinski definition) is 1. The van der Waals surface area contributed by atoms with Crippen LogP contribution in [0.2, 0.25) is 0 Å². The smallest absolute Gasteiger partial charge is 0.264 e. The Morgan fingerprint density at radius 2 is 2.00 bits per heavy atom. The third-order valence-corrected chi connectivity index (χ3v) is 4.85. The molecule has 0 aliphatic carbocycles. The Morgan fingerprint density at radius 3 is 2.58 bits per heavy atom. The first-order valence-electron chi connectivity index (χ1n) is 7.99. The normalized spacial score (nSPS) is 15.8. The van der Waals surface area contributed by atoms with E-state index < -0.39 is 6.10 Å². The molecule has 7 nitrogen and oxygen atoms in total. The number of carbonyl (C=O) groups excluding carboxylic acids is 1. The Hall–Kier alpha value is -2.74. The van der Waals surface area contributed by atoms with E-state index in [1.807, 2.05) is 17.5 Å². The lowest BCUT2D eigenvalue weighted by atomic mass is 10.0. The van der Waals surface area contributed by atoms with Crippen LogP contribution in [0.25, 0.3) is 0 Å². The summed E-state index contributed by atoms with van der Waals surface area (Å²) in [7, 11) is 4.65. The van der Waals surface area contributed by atoms with Crippen LogP contribution in [-0.4, -0.2) is 39.1 Å². The van der Waals surface area contributed by atoms with Gasteiger partial charge in [0.05, 0.1) is 33.6 Å². The molecule has 1 aromatic carbocycles. The molecule has 0 saturated heterocycles. The highest BCUT2D eigenvalue weighted by Gasteiger charge is 2.30. The van der Waals surface area contributed by atoms with E-state index in [0.29, 0.717) is 35.9 Å². The first kappa shape index (κ1) is 18.1. The summed E-state index contributed by atoms with van der Waals surface area (Å²) in [6, 6.07) is 7.49. The summed E-state index contributed by atoms with van der Waals surface area (Å²) in [5, 5.41) is 8.90. The highest BCUT2D eigenvalue weighted by molar-refractivity contribution is 7.09. The lowest BCUT2D eigenvalue weighted by Crippen LogP contribution is -2.34. The highest BCUT2D eigenvalue weighted by Crippen LogP contribution is 2.39. The molecule has 0 fully saturated rings. The van der Waals surface area contributed by atoms with Crippen molar-refractivity contribution < 1.29 is 23.8 Å². The summed E-state index contributed by atoms with van der Waals surface area (Å²) in [5.41, 5.74) is 1.41. The van der Waals surface area contributed by atoms with E-state index in [4.69, 9.17) is 19.0 Å². The number of oxime groups is 1. The molecule has 26 heavy (non-hydrogen) atoms. The van der Waals surface area contributed by atoms with Gasteiger partial charge in [0.25, 0.3) is 5.91 Å². The first-order valence-corrected chi connectivity index (χ1v) is 8.87.